The van der Waals surface area contributed by atoms with Crippen LogP contribution >= 0.6 is 23.1 Å². The molecule has 0 spiro atoms. The van der Waals surface area contributed by atoms with Gasteiger partial charge in [0, 0.05) is 23.1 Å². The quantitative estimate of drug-likeness (QED) is 0.822. The standard InChI is InChI=1S/C13H15N3O2S2/c1-18-13(17)10(14)8-19-6-9-7-20-12(16-9)11-4-2-3-5-15-11/h2-5,7,10H,6,8,14H2,1H3. The van der Waals surface area contributed by atoms with Crippen molar-refractivity contribution in [1.82, 2.24) is 9.97 Å². The highest BCUT2D eigenvalue weighted by Gasteiger charge is 2.13. The topological polar surface area (TPSA) is 78.1 Å². The number of nitrogens with zero attached hydrogens (tertiary/aromatic N) is 2. The molecule has 2 rings (SSSR count). The van der Waals surface area contributed by atoms with E-state index in [-0.39, 0.29) is 5.97 Å². The van der Waals surface area contributed by atoms with Crippen LogP contribution in [0.15, 0.2) is 29.8 Å². The van der Waals surface area contributed by atoms with Gasteiger partial charge in [-0.3, -0.25) is 9.78 Å². The first kappa shape index (κ1) is 15.0. The van der Waals surface area contributed by atoms with E-state index in [0.717, 1.165) is 16.4 Å². The summed E-state index contributed by atoms with van der Waals surface area (Å²) in [6.45, 7) is 0. The number of rotatable bonds is 6. The fraction of sp³-hybridized carbons (Fsp3) is 0.308. The fourth-order valence-corrected chi connectivity index (χ4v) is 3.26. The van der Waals surface area contributed by atoms with Crippen molar-refractivity contribution < 1.29 is 9.53 Å². The average molecular weight is 309 g/mol. The highest BCUT2D eigenvalue weighted by molar-refractivity contribution is 7.98. The summed E-state index contributed by atoms with van der Waals surface area (Å²) in [5.41, 5.74) is 7.51. The molecule has 7 heteroatoms. The third-order valence-electron chi connectivity index (χ3n) is 2.49. The molecule has 2 aromatic rings. The predicted octanol–water partition coefficient (Wildman–Crippen LogP) is 1.94. The molecule has 0 radical (unpaired) electrons. The van der Waals surface area contributed by atoms with E-state index >= 15 is 0 Å². The van der Waals surface area contributed by atoms with E-state index in [0.29, 0.717) is 11.5 Å². The van der Waals surface area contributed by atoms with Gasteiger partial charge >= 0.3 is 5.97 Å². The number of methoxy groups -OCH3 is 1. The number of carbonyl (C=O) groups excluding carboxylic acids is 1. The molecular weight excluding hydrogens is 294 g/mol. The zero-order chi connectivity index (χ0) is 14.4. The maximum absolute atomic E-state index is 11.2. The number of aromatic nitrogens is 2. The molecule has 0 aromatic carbocycles. The van der Waals surface area contributed by atoms with Crippen LogP contribution in [0.5, 0.6) is 0 Å². The van der Waals surface area contributed by atoms with E-state index in [1.54, 1.807) is 29.3 Å². The van der Waals surface area contributed by atoms with Crippen molar-refractivity contribution in [2.75, 3.05) is 12.9 Å². The molecular formula is C13H15N3O2S2. The fourth-order valence-electron chi connectivity index (χ4n) is 1.49. The molecule has 1 atom stereocenters. The van der Waals surface area contributed by atoms with Crippen molar-refractivity contribution in [3.63, 3.8) is 0 Å². The lowest BCUT2D eigenvalue weighted by molar-refractivity contribution is -0.141. The SMILES string of the molecule is COC(=O)C(N)CSCc1csc(-c2ccccn2)n1. The molecule has 0 bridgehead atoms. The van der Waals surface area contributed by atoms with Crippen molar-refractivity contribution in [2.24, 2.45) is 5.73 Å². The van der Waals surface area contributed by atoms with Crippen LogP contribution in [-0.2, 0) is 15.3 Å². The third kappa shape index (κ3) is 4.03. The first-order chi connectivity index (χ1) is 9.70. The normalized spacial score (nSPS) is 12.1. The van der Waals surface area contributed by atoms with Crippen LogP contribution in [0.4, 0.5) is 0 Å². The second-order valence-electron chi connectivity index (χ2n) is 4.00. The van der Waals surface area contributed by atoms with Crippen LogP contribution < -0.4 is 5.73 Å². The summed E-state index contributed by atoms with van der Waals surface area (Å²) in [4.78, 5) is 19.9. The molecule has 106 valence electrons. The van der Waals surface area contributed by atoms with Crippen LogP contribution in [0.3, 0.4) is 0 Å². The number of thioether (sulfide) groups is 1. The smallest absolute Gasteiger partial charge is 0.323 e. The molecule has 0 fully saturated rings. The number of carbonyl (C=O) groups is 1. The molecule has 20 heavy (non-hydrogen) atoms. The zero-order valence-electron chi connectivity index (χ0n) is 11.0. The molecule has 2 heterocycles. The van der Waals surface area contributed by atoms with Crippen LogP contribution in [0.2, 0.25) is 0 Å². The van der Waals surface area contributed by atoms with Crippen molar-refractivity contribution in [2.45, 2.75) is 11.8 Å². The first-order valence-electron chi connectivity index (χ1n) is 5.97. The second kappa shape index (κ2) is 7.37. The first-order valence-corrected chi connectivity index (χ1v) is 8.01. The van der Waals surface area contributed by atoms with Crippen LogP contribution in [0.1, 0.15) is 5.69 Å². The van der Waals surface area contributed by atoms with Gasteiger partial charge in [-0.1, -0.05) is 6.07 Å². The number of hydrogen-bond donors (Lipinski definition) is 1. The van der Waals surface area contributed by atoms with Gasteiger partial charge in [0.15, 0.2) is 0 Å². The maximum Gasteiger partial charge on any atom is 0.323 e. The Kier molecular flexibility index (Phi) is 5.51. The molecule has 2 aromatic heterocycles. The number of esters is 1. The summed E-state index contributed by atoms with van der Waals surface area (Å²) in [6, 6.07) is 5.16. The lowest BCUT2D eigenvalue weighted by atomic mass is 10.4. The number of hydrogen-bond acceptors (Lipinski definition) is 7. The Morgan fingerprint density at radius 1 is 1.55 bits per heavy atom. The Morgan fingerprint density at radius 2 is 2.40 bits per heavy atom. The molecule has 5 nitrogen and oxygen atoms in total. The lowest BCUT2D eigenvalue weighted by Crippen LogP contribution is -2.33. The van der Waals surface area contributed by atoms with Gasteiger partial charge in [-0.15, -0.1) is 11.3 Å². The van der Waals surface area contributed by atoms with Gasteiger partial charge in [-0.2, -0.15) is 11.8 Å². The Morgan fingerprint density at radius 3 is 3.10 bits per heavy atom. The van der Waals surface area contributed by atoms with E-state index in [4.69, 9.17) is 5.73 Å². The minimum atomic E-state index is -0.584. The molecule has 0 saturated heterocycles. The summed E-state index contributed by atoms with van der Waals surface area (Å²) >= 11 is 3.13. The van der Waals surface area contributed by atoms with Crippen molar-refractivity contribution in [3.8, 4) is 10.7 Å². The maximum atomic E-state index is 11.2. The number of ether oxygens (including phenoxy) is 1. The highest BCUT2D eigenvalue weighted by atomic mass is 32.2. The molecule has 0 aliphatic rings. The Bertz CT molecular complexity index is 560. The van der Waals surface area contributed by atoms with Gasteiger partial charge in [0.05, 0.1) is 18.5 Å². The van der Waals surface area contributed by atoms with E-state index in [2.05, 4.69) is 14.7 Å². The van der Waals surface area contributed by atoms with Crippen LogP contribution in [0, 0.1) is 0 Å². The van der Waals surface area contributed by atoms with Gasteiger partial charge in [0.1, 0.15) is 11.0 Å². The van der Waals surface area contributed by atoms with Crippen LogP contribution in [0.25, 0.3) is 10.7 Å². The van der Waals surface area contributed by atoms with Gasteiger partial charge < -0.3 is 10.5 Å². The monoisotopic (exact) mass is 309 g/mol. The van der Waals surface area contributed by atoms with Gasteiger partial charge in [-0.25, -0.2) is 4.98 Å². The van der Waals surface area contributed by atoms with E-state index in [1.807, 2.05) is 23.6 Å². The predicted molar refractivity (Wildman–Crippen MR) is 81.5 cm³/mol. The van der Waals surface area contributed by atoms with Gasteiger partial charge in [0.25, 0.3) is 0 Å². The van der Waals surface area contributed by atoms with Gasteiger partial charge in [0.2, 0.25) is 0 Å². The number of nitrogens with two attached hydrogens (primary N) is 1. The van der Waals surface area contributed by atoms with Crippen molar-refractivity contribution in [1.29, 1.82) is 0 Å². The largest absolute Gasteiger partial charge is 0.468 e. The van der Waals surface area contributed by atoms with E-state index < -0.39 is 6.04 Å². The van der Waals surface area contributed by atoms with Crippen LogP contribution in [-0.4, -0.2) is 34.8 Å². The Labute approximate surface area is 125 Å². The summed E-state index contributed by atoms with van der Waals surface area (Å²) < 4.78 is 4.58. The zero-order valence-corrected chi connectivity index (χ0v) is 12.6. The Balaban J connectivity index is 1.86. The number of pyridine rings is 1. The summed E-state index contributed by atoms with van der Waals surface area (Å²) in [6.07, 6.45) is 1.75. The third-order valence-corrected chi connectivity index (χ3v) is 4.50. The highest BCUT2D eigenvalue weighted by Crippen LogP contribution is 2.23. The molecule has 0 aliphatic heterocycles. The lowest BCUT2D eigenvalue weighted by Gasteiger charge is -2.07. The van der Waals surface area contributed by atoms with Crippen molar-refractivity contribution in [3.05, 3.63) is 35.5 Å². The Hall–Kier alpha value is -1.44. The average Bonchev–Trinajstić information content (AvgIpc) is 2.96. The minimum Gasteiger partial charge on any atom is -0.468 e. The van der Waals surface area contributed by atoms with Crippen molar-refractivity contribution >= 4 is 29.1 Å². The molecule has 0 amide bonds. The molecule has 1 unspecified atom stereocenters. The summed E-state index contributed by atoms with van der Waals surface area (Å²) in [7, 11) is 1.34. The summed E-state index contributed by atoms with van der Waals surface area (Å²) in [5, 5.41) is 2.90. The second-order valence-corrected chi connectivity index (χ2v) is 5.89. The number of thiazole rings is 1. The minimum absolute atomic E-state index is 0.384. The molecule has 0 aliphatic carbocycles. The van der Waals surface area contributed by atoms with Gasteiger partial charge in [-0.05, 0) is 12.1 Å². The van der Waals surface area contributed by atoms with E-state index in [1.165, 1.54) is 7.11 Å². The summed E-state index contributed by atoms with van der Waals surface area (Å²) in [5.74, 6) is 0.849. The molecule has 2 N–H and O–H groups in total. The van der Waals surface area contributed by atoms with E-state index in [9.17, 15) is 4.79 Å². The molecule has 0 saturated carbocycles.